The maximum absolute atomic E-state index is 12.1. The molecule has 202 valence electrons. The quantitative estimate of drug-likeness (QED) is 0.415. The third-order valence-electron chi connectivity index (χ3n) is 13.8. The van der Waals surface area contributed by atoms with Crippen molar-refractivity contribution in [3.05, 3.63) is 0 Å². The molecule has 5 fully saturated rings. The third-order valence-corrected chi connectivity index (χ3v) is 13.8. The van der Waals surface area contributed by atoms with Crippen LogP contribution in [0.1, 0.15) is 120 Å². The van der Waals surface area contributed by atoms with Crippen LogP contribution in [0.2, 0.25) is 0 Å². The molecule has 4 aliphatic carbocycles. The molecule has 0 spiro atoms. The largest absolute Gasteiger partial charge is 0.393 e. The van der Waals surface area contributed by atoms with Crippen LogP contribution in [0, 0.1) is 44.8 Å². The number of aliphatic hydroxyl groups excluding tert-OH is 3. The summed E-state index contributed by atoms with van der Waals surface area (Å²) < 4.78 is 6.94. The molecule has 0 aromatic carbocycles. The number of hydrogen-bond acceptors (Lipinski definition) is 4. The highest BCUT2D eigenvalue weighted by Gasteiger charge is 2.75. The van der Waals surface area contributed by atoms with E-state index in [0.717, 1.165) is 51.4 Å². The topological polar surface area (TPSA) is 69.9 Å². The molecule has 0 bridgehead atoms. The van der Waals surface area contributed by atoms with Crippen molar-refractivity contribution < 1.29 is 20.1 Å². The van der Waals surface area contributed by atoms with E-state index in [1.54, 1.807) is 0 Å². The first-order chi connectivity index (χ1) is 15.9. The monoisotopic (exact) mass is 490 g/mol. The fraction of sp³-hybridized carbons (Fsp3) is 1.00. The van der Waals surface area contributed by atoms with Gasteiger partial charge in [-0.15, -0.1) is 0 Å². The molecule has 0 unspecified atom stereocenters. The van der Waals surface area contributed by atoms with Crippen molar-refractivity contribution in [3.63, 3.8) is 0 Å². The Bertz CT molecular complexity index is 868. The number of fused-ring (bicyclic) bond motifs is 5. The molecular weight excluding hydrogens is 436 g/mol. The summed E-state index contributed by atoms with van der Waals surface area (Å²) in [6.07, 6.45) is 7.60. The Balaban J connectivity index is 1.58. The van der Waals surface area contributed by atoms with Crippen LogP contribution < -0.4 is 0 Å². The lowest BCUT2D eigenvalue weighted by Crippen LogP contribution is -2.70. The predicted molar refractivity (Wildman–Crippen MR) is 140 cm³/mol. The highest BCUT2D eigenvalue weighted by Crippen LogP contribution is 2.78. The minimum atomic E-state index is -0.425. The zero-order chi connectivity index (χ0) is 26.0. The van der Waals surface area contributed by atoms with Gasteiger partial charge in [-0.1, -0.05) is 41.5 Å². The molecule has 35 heavy (non-hydrogen) atoms. The van der Waals surface area contributed by atoms with Crippen LogP contribution in [0.4, 0.5) is 0 Å². The molecule has 0 amide bonds. The smallest absolute Gasteiger partial charge is 0.0718 e. The molecule has 3 N–H and O–H groups in total. The van der Waals surface area contributed by atoms with Crippen LogP contribution >= 0.6 is 0 Å². The Kier molecular flexibility index (Phi) is 5.65. The zero-order valence-corrected chi connectivity index (χ0v) is 24.1. The van der Waals surface area contributed by atoms with E-state index in [-0.39, 0.29) is 62.3 Å². The molecule has 0 aromatic rings. The lowest BCUT2D eigenvalue weighted by atomic mass is 9.34. The van der Waals surface area contributed by atoms with Gasteiger partial charge in [0.05, 0.1) is 29.5 Å². The van der Waals surface area contributed by atoms with Crippen molar-refractivity contribution in [3.8, 4) is 0 Å². The summed E-state index contributed by atoms with van der Waals surface area (Å²) in [5.74, 6) is 0.548. The Morgan fingerprint density at radius 3 is 1.91 bits per heavy atom. The highest BCUT2D eigenvalue weighted by atomic mass is 16.5. The van der Waals surface area contributed by atoms with Gasteiger partial charge in [0.15, 0.2) is 0 Å². The number of ether oxygens (including phenoxy) is 1. The average molecular weight is 491 g/mol. The van der Waals surface area contributed by atoms with Gasteiger partial charge in [-0.05, 0) is 118 Å². The molecule has 0 radical (unpaired) electrons. The first kappa shape index (κ1) is 26.4. The number of rotatable bonds is 1. The fourth-order valence-corrected chi connectivity index (χ4v) is 11.9. The number of aliphatic hydroxyl groups is 3. The summed E-state index contributed by atoms with van der Waals surface area (Å²) in [6, 6.07) is 0. The van der Waals surface area contributed by atoms with Crippen LogP contribution in [0.3, 0.4) is 0 Å². The molecule has 1 saturated heterocycles. The Morgan fingerprint density at radius 1 is 0.657 bits per heavy atom. The molecule has 11 atom stereocenters. The summed E-state index contributed by atoms with van der Waals surface area (Å²) in [5.41, 5.74) is -1.01. The van der Waals surface area contributed by atoms with Gasteiger partial charge in [0.25, 0.3) is 0 Å². The van der Waals surface area contributed by atoms with E-state index in [9.17, 15) is 15.3 Å². The third kappa shape index (κ3) is 3.18. The SMILES string of the molecule is CC1(C)CCC[C@](C)([C@@]2(C)CC[C@]3(C)[C@@H]2[C@H](O)C[C@@H]2[C@@]4(C)CC[C@H](O)C(C)(C)[C@@H]4[C@@H](O)C[C@]23C)O1. The normalized spacial score (nSPS) is 59.3. The summed E-state index contributed by atoms with van der Waals surface area (Å²) in [6.45, 7) is 20.8. The van der Waals surface area contributed by atoms with Gasteiger partial charge >= 0.3 is 0 Å². The Hall–Kier alpha value is -0.160. The van der Waals surface area contributed by atoms with Crippen molar-refractivity contribution >= 4 is 0 Å². The summed E-state index contributed by atoms with van der Waals surface area (Å²) in [5, 5.41) is 34.9. The second kappa shape index (κ2) is 7.48. The molecule has 5 aliphatic rings. The predicted octanol–water partition coefficient (Wildman–Crippen LogP) is 6.10. The van der Waals surface area contributed by atoms with E-state index in [0.29, 0.717) is 5.92 Å². The molecule has 1 heterocycles. The first-order valence-electron chi connectivity index (χ1n) is 14.6. The standard InChI is InChI=1S/C31H54O4/c1-25(2)12-10-13-31(9,35-25)29(7)16-15-28(6)24(29)19(32)17-21-27(5)14-11-22(34)26(3,4)23(27)20(33)18-30(21,28)8/h19-24,32-34H,10-18H2,1-9H3/t19-,20+,21-,22+,23+,24+,27-,28-,29+,30-,31-/m1/s1. The van der Waals surface area contributed by atoms with E-state index in [4.69, 9.17) is 4.74 Å². The first-order valence-corrected chi connectivity index (χ1v) is 14.6. The van der Waals surface area contributed by atoms with Crippen molar-refractivity contribution in [2.75, 3.05) is 0 Å². The van der Waals surface area contributed by atoms with Gasteiger partial charge in [-0.25, -0.2) is 0 Å². The van der Waals surface area contributed by atoms with Crippen molar-refractivity contribution in [1.29, 1.82) is 0 Å². The van der Waals surface area contributed by atoms with Crippen LogP contribution in [0.5, 0.6) is 0 Å². The molecule has 4 nitrogen and oxygen atoms in total. The van der Waals surface area contributed by atoms with E-state index in [2.05, 4.69) is 62.3 Å². The van der Waals surface area contributed by atoms with Crippen LogP contribution in [-0.2, 0) is 4.74 Å². The second-order valence-electron chi connectivity index (χ2n) is 16.2. The molecule has 0 aromatic heterocycles. The average Bonchev–Trinajstić information content (AvgIpc) is 3.01. The molecule has 5 rings (SSSR count). The number of hydrogen-bond donors (Lipinski definition) is 3. The lowest BCUT2D eigenvalue weighted by molar-refractivity contribution is -0.291. The van der Waals surface area contributed by atoms with Crippen molar-refractivity contribution in [1.82, 2.24) is 0 Å². The van der Waals surface area contributed by atoms with Gasteiger partial charge in [0.2, 0.25) is 0 Å². The van der Waals surface area contributed by atoms with Crippen molar-refractivity contribution in [2.45, 2.75) is 150 Å². The molecule has 1 aliphatic heterocycles. The fourth-order valence-electron chi connectivity index (χ4n) is 11.9. The highest BCUT2D eigenvalue weighted by molar-refractivity contribution is 5.24. The van der Waals surface area contributed by atoms with Crippen LogP contribution in [-0.4, -0.2) is 44.8 Å². The molecule has 4 saturated carbocycles. The molecular formula is C31H54O4. The minimum Gasteiger partial charge on any atom is -0.393 e. The zero-order valence-electron chi connectivity index (χ0n) is 24.1. The van der Waals surface area contributed by atoms with Crippen LogP contribution in [0.15, 0.2) is 0 Å². The van der Waals surface area contributed by atoms with Gasteiger partial charge in [-0.2, -0.15) is 0 Å². The van der Waals surface area contributed by atoms with Gasteiger partial charge in [0, 0.05) is 5.41 Å². The summed E-state index contributed by atoms with van der Waals surface area (Å²) in [7, 11) is 0. The maximum atomic E-state index is 12.1. The second-order valence-corrected chi connectivity index (χ2v) is 16.2. The maximum Gasteiger partial charge on any atom is 0.0718 e. The van der Waals surface area contributed by atoms with Crippen molar-refractivity contribution in [2.24, 2.45) is 44.8 Å². The lowest BCUT2D eigenvalue weighted by Gasteiger charge is -2.72. The van der Waals surface area contributed by atoms with Gasteiger partial charge in [-0.3, -0.25) is 0 Å². The minimum absolute atomic E-state index is 0.0527. The van der Waals surface area contributed by atoms with E-state index in [1.165, 1.54) is 6.42 Å². The Morgan fingerprint density at radius 2 is 1.29 bits per heavy atom. The van der Waals surface area contributed by atoms with E-state index < -0.39 is 6.10 Å². The molecule has 4 heteroatoms. The van der Waals surface area contributed by atoms with Gasteiger partial charge < -0.3 is 20.1 Å². The Labute approximate surface area is 214 Å². The summed E-state index contributed by atoms with van der Waals surface area (Å²) in [4.78, 5) is 0. The van der Waals surface area contributed by atoms with Crippen LogP contribution in [0.25, 0.3) is 0 Å². The van der Waals surface area contributed by atoms with E-state index in [1.807, 2.05) is 0 Å². The van der Waals surface area contributed by atoms with Gasteiger partial charge in [0.1, 0.15) is 0 Å². The van der Waals surface area contributed by atoms with E-state index >= 15 is 0 Å². The summed E-state index contributed by atoms with van der Waals surface area (Å²) >= 11 is 0.